The second kappa shape index (κ2) is 5.95. The van der Waals surface area contributed by atoms with Gasteiger partial charge in [-0.2, -0.15) is 0 Å². The first kappa shape index (κ1) is 20.2. The minimum absolute atomic E-state index is 0.214. The molecule has 5 rings (SSSR count). The number of carbonyl (C=O) groups excluding carboxylic acids is 1. The van der Waals surface area contributed by atoms with Gasteiger partial charge in [-0.25, -0.2) is 21.6 Å². The van der Waals surface area contributed by atoms with E-state index in [1.165, 1.54) is 6.07 Å². The monoisotopic (exact) mass is 437 g/mol. The first-order valence-electron chi connectivity index (χ1n) is 9.06. The number of sulfone groups is 1. The van der Waals surface area contributed by atoms with Gasteiger partial charge in [-0.3, -0.25) is 4.79 Å². The summed E-state index contributed by atoms with van der Waals surface area (Å²) >= 11 is 1.07. The van der Waals surface area contributed by atoms with Crippen LogP contribution in [-0.2, 0) is 14.6 Å². The number of thiophene rings is 1. The van der Waals surface area contributed by atoms with E-state index in [2.05, 4.69) is 5.32 Å². The average Bonchev–Trinajstić information content (AvgIpc) is 2.88. The maximum absolute atomic E-state index is 15.1. The average molecular weight is 438 g/mol. The number of aliphatic hydroxyl groups is 1. The molecule has 4 fully saturated rings. The highest BCUT2D eigenvalue weighted by molar-refractivity contribution is 7.90. The highest BCUT2D eigenvalue weighted by Crippen LogP contribution is 2.68. The lowest BCUT2D eigenvalue weighted by molar-refractivity contribution is -0.214. The summed E-state index contributed by atoms with van der Waals surface area (Å²) in [5.41, 5.74) is -7.39. The number of anilines is 1. The Bertz CT molecular complexity index is 877. The second-order valence-electron chi connectivity index (χ2n) is 9.06. The van der Waals surface area contributed by atoms with E-state index in [0.29, 0.717) is 0 Å². The van der Waals surface area contributed by atoms with Gasteiger partial charge >= 0.3 is 0 Å². The first-order chi connectivity index (χ1) is 12.7. The molecule has 4 aliphatic rings. The molecular formula is C18H22F3NO4S2. The van der Waals surface area contributed by atoms with Crippen molar-refractivity contribution < 1.29 is 31.5 Å². The van der Waals surface area contributed by atoms with Crippen LogP contribution < -0.4 is 5.32 Å². The summed E-state index contributed by atoms with van der Waals surface area (Å²) in [4.78, 5) is 13.0. The number of nitrogens with one attached hydrogen (secondary N) is 1. The molecule has 1 aromatic rings. The summed E-state index contributed by atoms with van der Waals surface area (Å²) in [5.74, 6) is -1.19. The van der Waals surface area contributed by atoms with E-state index < -0.39 is 50.0 Å². The number of aliphatic hydroxyl groups excluding tert-OH is 1. The highest BCUT2D eigenvalue weighted by Gasteiger charge is 2.72. The van der Waals surface area contributed by atoms with Gasteiger partial charge in [-0.15, -0.1) is 11.3 Å². The van der Waals surface area contributed by atoms with Crippen molar-refractivity contribution in [3.63, 3.8) is 0 Å². The van der Waals surface area contributed by atoms with Crippen molar-refractivity contribution >= 4 is 32.1 Å². The van der Waals surface area contributed by atoms with E-state index in [1.807, 2.05) is 0 Å². The molecule has 1 aromatic heterocycles. The van der Waals surface area contributed by atoms with Gasteiger partial charge < -0.3 is 10.4 Å². The van der Waals surface area contributed by atoms with Crippen molar-refractivity contribution in [1.82, 2.24) is 0 Å². The van der Waals surface area contributed by atoms with E-state index in [0.717, 1.165) is 17.6 Å². The standard InChI is InChI=1S/C18H22F3NO4S2/c1-28(25,26)4-12(23)11-2-3-27-13(11)22-14(24)15-5-16(19)8-17(20,6-15)10-18(21,7-15)9-16/h2-3,12,23H,4-10H2,1H3,(H,22,24). The Balaban J connectivity index is 1.60. The molecule has 0 saturated heterocycles. The Labute approximate surface area is 165 Å². The zero-order valence-electron chi connectivity index (χ0n) is 15.3. The van der Waals surface area contributed by atoms with Crippen molar-refractivity contribution in [3.05, 3.63) is 17.0 Å². The van der Waals surface area contributed by atoms with Crippen molar-refractivity contribution in [2.45, 2.75) is 61.6 Å². The Morgan fingerprint density at radius 2 is 1.64 bits per heavy atom. The van der Waals surface area contributed by atoms with Gasteiger partial charge in [-0.1, -0.05) is 0 Å². The lowest BCUT2D eigenvalue weighted by Crippen LogP contribution is -2.67. The van der Waals surface area contributed by atoms with E-state index in [9.17, 15) is 18.3 Å². The van der Waals surface area contributed by atoms with Crippen molar-refractivity contribution in [2.24, 2.45) is 5.41 Å². The van der Waals surface area contributed by atoms with Crippen molar-refractivity contribution in [1.29, 1.82) is 0 Å². The molecule has 4 bridgehead atoms. The van der Waals surface area contributed by atoms with Crippen LogP contribution in [0.15, 0.2) is 11.4 Å². The summed E-state index contributed by atoms with van der Waals surface area (Å²) in [7, 11) is -3.46. The van der Waals surface area contributed by atoms with Crippen LogP contribution in [0.2, 0.25) is 0 Å². The van der Waals surface area contributed by atoms with E-state index in [4.69, 9.17) is 0 Å². The molecule has 4 saturated carbocycles. The first-order valence-corrected chi connectivity index (χ1v) is 12.0. The summed E-state index contributed by atoms with van der Waals surface area (Å²) in [6, 6.07) is 1.49. The number of halogens is 3. The fourth-order valence-electron chi connectivity index (χ4n) is 5.81. The lowest BCUT2D eigenvalue weighted by atomic mass is 9.46. The Morgan fingerprint density at radius 1 is 1.14 bits per heavy atom. The van der Waals surface area contributed by atoms with Gasteiger partial charge in [0.1, 0.15) is 31.8 Å². The molecule has 10 heteroatoms. The van der Waals surface area contributed by atoms with Crippen LogP contribution in [0.1, 0.15) is 50.2 Å². The smallest absolute Gasteiger partial charge is 0.231 e. The Hall–Kier alpha value is -1.13. The number of amides is 1. The van der Waals surface area contributed by atoms with Crippen molar-refractivity contribution in [3.8, 4) is 0 Å². The van der Waals surface area contributed by atoms with Crippen LogP contribution in [0, 0.1) is 5.41 Å². The minimum Gasteiger partial charge on any atom is -0.387 e. The zero-order valence-corrected chi connectivity index (χ0v) is 16.9. The number of hydrogen-bond donors (Lipinski definition) is 2. The van der Waals surface area contributed by atoms with Gasteiger partial charge in [0.2, 0.25) is 5.91 Å². The minimum atomic E-state index is -3.46. The second-order valence-corrected chi connectivity index (χ2v) is 12.2. The van der Waals surface area contributed by atoms with Gasteiger partial charge in [0.05, 0.1) is 17.3 Å². The molecule has 1 unspecified atom stereocenters. The molecule has 2 N–H and O–H groups in total. The maximum Gasteiger partial charge on any atom is 0.231 e. The normalized spacial score (nSPS) is 40.5. The molecule has 28 heavy (non-hydrogen) atoms. The lowest BCUT2D eigenvalue weighted by Gasteiger charge is -2.62. The molecule has 4 aliphatic carbocycles. The predicted molar refractivity (Wildman–Crippen MR) is 99.3 cm³/mol. The zero-order chi connectivity index (χ0) is 20.6. The van der Waals surface area contributed by atoms with Gasteiger partial charge in [0, 0.05) is 31.1 Å². The van der Waals surface area contributed by atoms with Gasteiger partial charge in [0.15, 0.2) is 0 Å². The predicted octanol–water partition coefficient (Wildman–Crippen LogP) is 3.26. The number of rotatable bonds is 5. The fourth-order valence-corrected chi connectivity index (χ4v) is 7.40. The summed E-state index contributed by atoms with van der Waals surface area (Å²) in [5, 5.41) is 14.6. The molecule has 5 nitrogen and oxygen atoms in total. The number of hydrogen-bond acceptors (Lipinski definition) is 5. The SMILES string of the molecule is CS(=O)(=O)CC(O)c1ccsc1NC(=O)C12CC3(F)CC(F)(CC(F)(C3)C1)C2. The van der Waals surface area contributed by atoms with Crippen LogP contribution >= 0.6 is 11.3 Å². The maximum atomic E-state index is 15.1. The van der Waals surface area contributed by atoms with Crippen LogP contribution in [0.4, 0.5) is 18.2 Å². The summed E-state index contributed by atoms with van der Waals surface area (Å²) < 4.78 is 68.1. The van der Waals surface area contributed by atoms with Crippen LogP contribution in [0.5, 0.6) is 0 Å². The fraction of sp³-hybridized carbons (Fsp3) is 0.722. The summed E-state index contributed by atoms with van der Waals surface area (Å²) in [6.45, 7) is 0. The quantitative estimate of drug-likeness (QED) is 0.741. The van der Waals surface area contributed by atoms with E-state index in [-0.39, 0.29) is 49.1 Å². The van der Waals surface area contributed by atoms with E-state index in [1.54, 1.807) is 5.38 Å². The molecule has 0 spiro atoms. The highest BCUT2D eigenvalue weighted by atomic mass is 32.2. The molecule has 1 amide bonds. The van der Waals surface area contributed by atoms with Crippen LogP contribution in [0.3, 0.4) is 0 Å². The molecule has 156 valence electrons. The Morgan fingerprint density at radius 3 is 2.11 bits per heavy atom. The molecule has 0 radical (unpaired) electrons. The molecule has 1 atom stereocenters. The van der Waals surface area contributed by atoms with E-state index >= 15 is 13.2 Å². The Kier molecular flexibility index (Phi) is 4.28. The third-order valence-electron chi connectivity index (χ3n) is 6.09. The molecule has 1 heterocycles. The molecular weight excluding hydrogens is 415 g/mol. The van der Waals surface area contributed by atoms with Gasteiger partial charge in [0.25, 0.3) is 0 Å². The number of alkyl halides is 3. The van der Waals surface area contributed by atoms with Gasteiger partial charge in [-0.05, 0) is 30.7 Å². The third-order valence-corrected chi connectivity index (χ3v) is 7.86. The van der Waals surface area contributed by atoms with Crippen LogP contribution in [0.25, 0.3) is 0 Å². The van der Waals surface area contributed by atoms with Crippen LogP contribution in [-0.4, -0.2) is 48.4 Å². The van der Waals surface area contributed by atoms with Crippen molar-refractivity contribution in [2.75, 3.05) is 17.3 Å². The largest absolute Gasteiger partial charge is 0.387 e. The third kappa shape index (κ3) is 3.47. The molecule has 0 aliphatic heterocycles. The number of carbonyl (C=O) groups is 1. The summed E-state index contributed by atoms with van der Waals surface area (Å²) in [6.07, 6.45) is -2.17. The molecule has 0 aromatic carbocycles. The topological polar surface area (TPSA) is 83.5 Å².